The molecule has 1 amide bonds. The number of nitro benzene ring substituents is 1. The zero-order chi connectivity index (χ0) is 18.9. The van der Waals surface area contributed by atoms with E-state index in [9.17, 15) is 14.9 Å². The lowest BCUT2D eigenvalue weighted by atomic mass is 10.1. The molecule has 0 aromatic heterocycles. The summed E-state index contributed by atoms with van der Waals surface area (Å²) in [6.45, 7) is 1.61. The summed E-state index contributed by atoms with van der Waals surface area (Å²) in [6.07, 6.45) is 1.90. The topological polar surface area (TPSA) is 87.5 Å². The lowest BCUT2D eigenvalue weighted by molar-refractivity contribution is -0.384. The molecule has 7 heteroatoms. The third kappa shape index (κ3) is 5.20. The number of non-ortho nitro benzene ring substituents is 1. The van der Waals surface area contributed by atoms with Gasteiger partial charge in [-0.25, -0.2) is 0 Å². The molecule has 138 valence electrons. The van der Waals surface area contributed by atoms with E-state index in [0.29, 0.717) is 12.2 Å². The molecular formula is C19H24N4O3. The Kier molecular flexibility index (Phi) is 6.96. The number of anilines is 2. The predicted octanol–water partition coefficient (Wildman–Crippen LogP) is 3.28. The molecular weight excluding hydrogens is 332 g/mol. The molecule has 0 atom stereocenters. The molecule has 2 aromatic carbocycles. The van der Waals surface area contributed by atoms with Gasteiger partial charge in [-0.05, 0) is 31.0 Å². The van der Waals surface area contributed by atoms with E-state index in [4.69, 9.17) is 0 Å². The van der Waals surface area contributed by atoms with Gasteiger partial charge in [0, 0.05) is 50.7 Å². The molecule has 0 bridgehead atoms. The van der Waals surface area contributed by atoms with Gasteiger partial charge in [0.25, 0.3) is 11.6 Å². The third-order valence-corrected chi connectivity index (χ3v) is 4.12. The quantitative estimate of drug-likeness (QED) is 0.409. The average Bonchev–Trinajstić information content (AvgIpc) is 2.67. The first-order valence-electron chi connectivity index (χ1n) is 8.53. The molecule has 0 unspecified atom stereocenters. The maximum absolute atomic E-state index is 12.0. The number of para-hydroxylation sites is 1. The number of hydrogen-bond donors (Lipinski definition) is 2. The Morgan fingerprint density at radius 2 is 1.88 bits per heavy atom. The number of hydrogen-bond acceptors (Lipinski definition) is 5. The fraction of sp³-hybridized carbons (Fsp3) is 0.316. The summed E-state index contributed by atoms with van der Waals surface area (Å²) in [4.78, 5) is 24.6. The molecule has 0 aliphatic carbocycles. The van der Waals surface area contributed by atoms with E-state index >= 15 is 0 Å². The van der Waals surface area contributed by atoms with Crippen molar-refractivity contribution < 1.29 is 9.72 Å². The highest BCUT2D eigenvalue weighted by Crippen LogP contribution is 2.22. The normalized spacial score (nSPS) is 10.2. The summed E-state index contributed by atoms with van der Waals surface area (Å²) in [7, 11) is 3.56. The van der Waals surface area contributed by atoms with Crippen molar-refractivity contribution >= 4 is 23.0 Å². The molecule has 7 nitrogen and oxygen atoms in total. The third-order valence-electron chi connectivity index (χ3n) is 4.12. The summed E-state index contributed by atoms with van der Waals surface area (Å²) in [6, 6.07) is 14.5. The Bertz CT molecular complexity index is 750. The van der Waals surface area contributed by atoms with Crippen LogP contribution in [0.5, 0.6) is 0 Å². The van der Waals surface area contributed by atoms with Crippen LogP contribution in [0.25, 0.3) is 0 Å². The number of benzene rings is 2. The second-order valence-corrected chi connectivity index (χ2v) is 5.96. The number of carbonyl (C=O) groups is 1. The number of carbonyl (C=O) groups excluding carboxylic acids is 1. The van der Waals surface area contributed by atoms with Crippen molar-refractivity contribution in [3.8, 4) is 0 Å². The van der Waals surface area contributed by atoms with Crippen molar-refractivity contribution in [2.75, 3.05) is 37.4 Å². The minimum absolute atomic E-state index is 0.0985. The second kappa shape index (κ2) is 9.41. The molecule has 0 aliphatic heterocycles. The largest absolute Gasteiger partial charge is 0.384 e. The number of amides is 1. The van der Waals surface area contributed by atoms with Gasteiger partial charge in [-0.1, -0.05) is 18.2 Å². The van der Waals surface area contributed by atoms with E-state index < -0.39 is 4.92 Å². The monoisotopic (exact) mass is 356 g/mol. The van der Waals surface area contributed by atoms with Gasteiger partial charge in [-0.2, -0.15) is 0 Å². The summed E-state index contributed by atoms with van der Waals surface area (Å²) in [5, 5.41) is 16.6. The molecule has 0 aliphatic rings. The highest BCUT2D eigenvalue weighted by atomic mass is 16.6. The summed E-state index contributed by atoms with van der Waals surface area (Å²) in [5.41, 5.74) is 1.96. The van der Waals surface area contributed by atoms with Crippen molar-refractivity contribution in [2.24, 2.45) is 0 Å². The summed E-state index contributed by atoms with van der Waals surface area (Å²) >= 11 is 0. The van der Waals surface area contributed by atoms with Crippen LogP contribution >= 0.6 is 0 Å². The van der Waals surface area contributed by atoms with Gasteiger partial charge in [0.1, 0.15) is 0 Å². The van der Waals surface area contributed by atoms with Gasteiger partial charge in [0.05, 0.1) is 10.5 Å². The van der Waals surface area contributed by atoms with Crippen molar-refractivity contribution in [3.63, 3.8) is 0 Å². The van der Waals surface area contributed by atoms with E-state index in [1.807, 2.05) is 18.2 Å². The number of nitrogens with zero attached hydrogens (tertiary/aromatic N) is 2. The average molecular weight is 356 g/mol. The van der Waals surface area contributed by atoms with E-state index in [2.05, 4.69) is 34.7 Å². The van der Waals surface area contributed by atoms with Crippen LogP contribution in [-0.2, 0) is 0 Å². The van der Waals surface area contributed by atoms with Gasteiger partial charge in [-0.3, -0.25) is 14.9 Å². The van der Waals surface area contributed by atoms with Crippen LogP contribution in [0.2, 0.25) is 0 Å². The van der Waals surface area contributed by atoms with Gasteiger partial charge in [-0.15, -0.1) is 0 Å². The second-order valence-electron chi connectivity index (χ2n) is 5.96. The molecule has 0 saturated carbocycles. The van der Waals surface area contributed by atoms with Crippen LogP contribution in [0.3, 0.4) is 0 Å². The zero-order valence-electron chi connectivity index (χ0n) is 15.1. The fourth-order valence-electron chi connectivity index (χ4n) is 2.63. The Morgan fingerprint density at radius 1 is 1.15 bits per heavy atom. The van der Waals surface area contributed by atoms with Gasteiger partial charge in [0.15, 0.2) is 0 Å². The molecule has 0 fully saturated rings. The molecule has 2 N–H and O–H groups in total. The predicted molar refractivity (Wildman–Crippen MR) is 104 cm³/mol. The van der Waals surface area contributed by atoms with Crippen molar-refractivity contribution in [3.05, 3.63) is 64.2 Å². The van der Waals surface area contributed by atoms with Crippen molar-refractivity contribution in [1.29, 1.82) is 0 Å². The maximum Gasteiger partial charge on any atom is 0.270 e. The first-order chi connectivity index (χ1) is 12.5. The lowest BCUT2D eigenvalue weighted by Gasteiger charge is -2.19. The van der Waals surface area contributed by atoms with E-state index in [1.54, 1.807) is 6.07 Å². The van der Waals surface area contributed by atoms with E-state index in [0.717, 1.165) is 19.4 Å². The SMILES string of the molecule is CNC(=O)c1cc([N+](=O)[O-])ccc1NCCCCN(C)c1ccccc1. The maximum atomic E-state index is 12.0. The smallest absolute Gasteiger partial charge is 0.270 e. The van der Waals surface area contributed by atoms with Gasteiger partial charge < -0.3 is 15.5 Å². The molecule has 2 aromatic rings. The van der Waals surface area contributed by atoms with Gasteiger partial charge in [0.2, 0.25) is 0 Å². The first-order valence-corrected chi connectivity index (χ1v) is 8.53. The molecule has 0 saturated heterocycles. The molecule has 0 radical (unpaired) electrons. The zero-order valence-corrected chi connectivity index (χ0v) is 15.1. The fourth-order valence-corrected chi connectivity index (χ4v) is 2.63. The summed E-state index contributed by atoms with van der Waals surface area (Å²) < 4.78 is 0. The molecule has 26 heavy (non-hydrogen) atoms. The standard InChI is InChI=1S/C19H24N4O3/c1-20-19(24)17-14-16(23(25)26)10-11-18(17)21-12-6-7-13-22(2)15-8-4-3-5-9-15/h3-5,8-11,14,21H,6-7,12-13H2,1-2H3,(H,20,24). The molecule has 0 heterocycles. The number of nitro groups is 1. The minimum atomic E-state index is -0.504. The Hall–Kier alpha value is -3.09. The summed E-state index contributed by atoms with van der Waals surface area (Å²) in [5.74, 6) is -0.347. The van der Waals surface area contributed by atoms with Crippen molar-refractivity contribution in [2.45, 2.75) is 12.8 Å². The van der Waals surface area contributed by atoms with Crippen LogP contribution in [0.15, 0.2) is 48.5 Å². The van der Waals surface area contributed by atoms with E-state index in [-0.39, 0.29) is 17.2 Å². The Morgan fingerprint density at radius 3 is 2.54 bits per heavy atom. The Labute approximate surface area is 153 Å². The van der Waals surface area contributed by atoms with E-state index in [1.165, 1.54) is 24.9 Å². The minimum Gasteiger partial charge on any atom is -0.384 e. The Balaban J connectivity index is 1.87. The first kappa shape index (κ1) is 19.2. The van der Waals surface area contributed by atoms with Crippen LogP contribution in [-0.4, -0.2) is 38.0 Å². The van der Waals surface area contributed by atoms with Gasteiger partial charge >= 0.3 is 0 Å². The van der Waals surface area contributed by atoms with Crippen LogP contribution in [0, 0.1) is 10.1 Å². The number of rotatable bonds is 9. The number of nitrogens with one attached hydrogen (secondary N) is 2. The molecule has 2 rings (SSSR count). The van der Waals surface area contributed by atoms with Crippen LogP contribution < -0.4 is 15.5 Å². The van der Waals surface area contributed by atoms with Crippen LogP contribution in [0.4, 0.5) is 17.1 Å². The highest BCUT2D eigenvalue weighted by molar-refractivity contribution is 6.00. The lowest BCUT2D eigenvalue weighted by Crippen LogP contribution is -2.21. The van der Waals surface area contributed by atoms with Crippen molar-refractivity contribution in [1.82, 2.24) is 5.32 Å². The van der Waals surface area contributed by atoms with Crippen LogP contribution in [0.1, 0.15) is 23.2 Å². The molecule has 0 spiro atoms. The highest BCUT2D eigenvalue weighted by Gasteiger charge is 2.15. The number of unbranched alkanes of at least 4 members (excludes halogenated alkanes) is 1.